The molecule has 0 bridgehead atoms. The second-order valence-corrected chi connectivity index (χ2v) is 12.6. The molecule has 0 heterocycles. The van der Waals surface area contributed by atoms with Gasteiger partial charge >= 0.3 is 0 Å². The Kier molecular flexibility index (Phi) is 7.34. The number of hydrogen-bond donors (Lipinski definition) is 0. The first kappa shape index (κ1) is 21.3. The lowest BCUT2D eigenvalue weighted by Crippen LogP contribution is -2.67. The minimum absolute atomic E-state index is 0.0815. The van der Waals surface area contributed by atoms with Gasteiger partial charge in [0.25, 0.3) is 8.32 Å². The van der Waals surface area contributed by atoms with Crippen LogP contribution in [-0.2, 0) is 9.22 Å². The van der Waals surface area contributed by atoms with Crippen molar-refractivity contribution >= 4 is 25.0 Å². The van der Waals surface area contributed by atoms with Crippen molar-refractivity contribution in [1.29, 1.82) is 0 Å². The van der Waals surface area contributed by atoms with Crippen LogP contribution in [0.3, 0.4) is 0 Å². The Balaban J connectivity index is 2.64. The van der Waals surface area contributed by atoms with Crippen LogP contribution in [0.15, 0.2) is 72.3 Å². The summed E-state index contributed by atoms with van der Waals surface area (Å²) in [5, 5.41) is 2.41. The minimum Gasteiger partial charge on any atom is -0.404 e. The van der Waals surface area contributed by atoms with Gasteiger partial charge in [0.1, 0.15) is 6.29 Å². The van der Waals surface area contributed by atoms with E-state index in [9.17, 15) is 4.79 Å². The summed E-state index contributed by atoms with van der Waals surface area (Å²) in [6, 6.07) is 21.2. The number of benzene rings is 2. The number of aldehydes is 1. The Morgan fingerprint density at radius 2 is 1.41 bits per heavy atom. The van der Waals surface area contributed by atoms with Crippen LogP contribution in [0, 0.1) is 0 Å². The van der Waals surface area contributed by atoms with Gasteiger partial charge in [-0.3, -0.25) is 0 Å². The molecule has 3 heteroatoms. The van der Waals surface area contributed by atoms with E-state index in [-0.39, 0.29) is 11.1 Å². The van der Waals surface area contributed by atoms with Crippen LogP contribution in [-0.4, -0.2) is 20.7 Å². The zero-order valence-corrected chi connectivity index (χ0v) is 18.2. The van der Waals surface area contributed by atoms with Crippen LogP contribution in [0.4, 0.5) is 0 Å². The molecule has 144 valence electrons. The maximum absolute atomic E-state index is 11.4. The first-order valence-electron chi connectivity index (χ1n) is 9.67. The van der Waals surface area contributed by atoms with E-state index < -0.39 is 8.32 Å². The van der Waals surface area contributed by atoms with Crippen LogP contribution in [0.5, 0.6) is 0 Å². The Hall–Kier alpha value is -1.97. The molecule has 0 saturated carbocycles. The van der Waals surface area contributed by atoms with Crippen LogP contribution >= 0.6 is 0 Å². The predicted molar refractivity (Wildman–Crippen MR) is 117 cm³/mol. The summed E-state index contributed by atoms with van der Waals surface area (Å²) in [4.78, 5) is 11.4. The second-order valence-electron chi connectivity index (χ2n) is 8.32. The molecule has 0 aliphatic heterocycles. The zero-order valence-electron chi connectivity index (χ0n) is 17.2. The van der Waals surface area contributed by atoms with Gasteiger partial charge < -0.3 is 9.22 Å². The van der Waals surface area contributed by atoms with Crippen LogP contribution in [0.2, 0.25) is 5.04 Å². The predicted octanol–water partition coefficient (Wildman–Crippen LogP) is 4.88. The van der Waals surface area contributed by atoms with Gasteiger partial charge in [-0.1, -0.05) is 93.1 Å². The minimum atomic E-state index is -2.61. The molecular formula is C24H32O2Si. The highest BCUT2D eigenvalue weighted by Crippen LogP contribution is 2.38. The van der Waals surface area contributed by atoms with Gasteiger partial charge in [-0.15, -0.1) is 0 Å². The molecule has 0 aliphatic rings. The van der Waals surface area contributed by atoms with Crippen molar-refractivity contribution in [2.75, 3.05) is 0 Å². The van der Waals surface area contributed by atoms with Crippen LogP contribution in [0.1, 0.15) is 47.5 Å². The SMILES string of the molecule is CC(C)=CC[C@@H](CC=O)O[Si](c1ccccc1)(c1ccccc1)C(C)(C)C. The molecule has 2 aromatic carbocycles. The lowest BCUT2D eigenvalue weighted by atomic mass is 10.1. The van der Waals surface area contributed by atoms with Crippen molar-refractivity contribution in [2.45, 2.75) is 58.6 Å². The van der Waals surface area contributed by atoms with Crippen molar-refractivity contribution in [1.82, 2.24) is 0 Å². The topological polar surface area (TPSA) is 26.3 Å². The molecule has 0 aromatic heterocycles. The molecule has 0 fully saturated rings. The summed E-state index contributed by atoms with van der Waals surface area (Å²) >= 11 is 0. The van der Waals surface area contributed by atoms with E-state index in [1.807, 2.05) is 12.1 Å². The number of allylic oxidation sites excluding steroid dienone is 1. The van der Waals surface area contributed by atoms with Gasteiger partial charge in [-0.05, 0) is 35.7 Å². The molecule has 0 amide bonds. The normalized spacial score (nSPS) is 13.1. The molecule has 0 unspecified atom stereocenters. The quantitative estimate of drug-likeness (QED) is 0.371. The Labute approximate surface area is 165 Å². The van der Waals surface area contributed by atoms with Gasteiger partial charge in [0.15, 0.2) is 0 Å². The number of carbonyl (C=O) groups is 1. The first-order chi connectivity index (χ1) is 12.8. The first-order valence-corrected chi connectivity index (χ1v) is 11.6. The van der Waals surface area contributed by atoms with E-state index >= 15 is 0 Å². The maximum atomic E-state index is 11.4. The van der Waals surface area contributed by atoms with Crippen molar-refractivity contribution in [2.24, 2.45) is 0 Å². The van der Waals surface area contributed by atoms with Gasteiger partial charge in [-0.25, -0.2) is 0 Å². The fourth-order valence-corrected chi connectivity index (χ4v) is 8.32. The van der Waals surface area contributed by atoms with Gasteiger partial charge in [0, 0.05) is 6.42 Å². The second kappa shape index (κ2) is 9.29. The average Bonchev–Trinajstić information content (AvgIpc) is 2.64. The number of carbonyl (C=O) groups excluding carboxylic acids is 1. The van der Waals surface area contributed by atoms with Crippen molar-refractivity contribution < 1.29 is 9.22 Å². The highest BCUT2D eigenvalue weighted by atomic mass is 28.4. The lowest BCUT2D eigenvalue weighted by molar-refractivity contribution is -0.109. The van der Waals surface area contributed by atoms with Crippen molar-refractivity contribution in [3.05, 3.63) is 72.3 Å². The van der Waals surface area contributed by atoms with Crippen molar-refractivity contribution in [3.63, 3.8) is 0 Å². The van der Waals surface area contributed by atoms with E-state index in [1.165, 1.54) is 15.9 Å². The van der Waals surface area contributed by atoms with E-state index in [0.29, 0.717) is 6.42 Å². The summed E-state index contributed by atoms with van der Waals surface area (Å²) in [5.41, 5.74) is 1.25. The van der Waals surface area contributed by atoms with Gasteiger partial charge in [0.05, 0.1) is 6.10 Å². The molecule has 1 atom stereocenters. The molecule has 27 heavy (non-hydrogen) atoms. The molecule has 2 aromatic rings. The summed E-state index contributed by atoms with van der Waals surface area (Å²) < 4.78 is 7.03. The molecule has 0 aliphatic carbocycles. The highest BCUT2D eigenvalue weighted by Gasteiger charge is 2.51. The van der Waals surface area contributed by atoms with E-state index in [1.54, 1.807) is 0 Å². The van der Waals surface area contributed by atoms with Gasteiger partial charge in [-0.2, -0.15) is 0 Å². The van der Waals surface area contributed by atoms with Crippen LogP contribution < -0.4 is 10.4 Å². The molecule has 0 N–H and O–H groups in total. The van der Waals surface area contributed by atoms with E-state index in [4.69, 9.17) is 4.43 Å². The fraction of sp³-hybridized carbons (Fsp3) is 0.375. The molecule has 0 radical (unpaired) electrons. The van der Waals surface area contributed by atoms with Gasteiger partial charge in [0.2, 0.25) is 0 Å². The van der Waals surface area contributed by atoms with E-state index in [0.717, 1.165) is 12.7 Å². The summed E-state index contributed by atoms with van der Waals surface area (Å²) in [7, 11) is -2.61. The third-order valence-electron chi connectivity index (χ3n) is 4.91. The van der Waals surface area contributed by atoms with E-state index in [2.05, 4.69) is 89.2 Å². The third-order valence-corrected chi connectivity index (χ3v) is 10.0. The lowest BCUT2D eigenvalue weighted by Gasteiger charge is -2.45. The van der Waals surface area contributed by atoms with Crippen molar-refractivity contribution in [3.8, 4) is 0 Å². The molecule has 2 nitrogen and oxygen atoms in total. The highest BCUT2D eigenvalue weighted by molar-refractivity contribution is 6.99. The number of rotatable bonds is 8. The standard InChI is InChI=1S/C24H32O2Si/c1-20(2)16-17-21(18-19-25)26-27(24(3,4)5,22-12-8-6-9-13-22)23-14-10-7-11-15-23/h6-16,19,21H,17-18H2,1-5H3/t21-/m0/s1. The number of hydrogen-bond acceptors (Lipinski definition) is 2. The smallest absolute Gasteiger partial charge is 0.261 e. The molecule has 0 spiro atoms. The Bertz CT molecular complexity index is 701. The molecule has 0 saturated heterocycles. The largest absolute Gasteiger partial charge is 0.404 e. The third kappa shape index (κ3) is 5.05. The summed E-state index contributed by atoms with van der Waals surface area (Å²) in [5.74, 6) is 0. The summed E-state index contributed by atoms with van der Waals surface area (Å²) in [6.07, 6.45) is 4.20. The maximum Gasteiger partial charge on any atom is 0.261 e. The molecular weight excluding hydrogens is 348 g/mol. The summed E-state index contributed by atoms with van der Waals surface area (Å²) in [6.45, 7) is 11.0. The Morgan fingerprint density at radius 1 is 0.926 bits per heavy atom. The fourth-order valence-electron chi connectivity index (χ4n) is 3.61. The molecule has 2 rings (SSSR count). The Morgan fingerprint density at radius 3 is 1.78 bits per heavy atom. The zero-order chi connectivity index (χ0) is 19.9. The monoisotopic (exact) mass is 380 g/mol. The van der Waals surface area contributed by atoms with Crippen LogP contribution in [0.25, 0.3) is 0 Å². The average molecular weight is 381 g/mol.